The molecule has 0 aliphatic heterocycles. The van der Waals surface area contributed by atoms with E-state index in [-0.39, 0.29) is 0 Å². The summed E-state index contributed by atoms with van der Waals surface area (Å²) in [5, 5.41) is 0. The van der Waals surface area contributed by atoms with E-state index in [9.17, 15) is 9.59 Å². The van der Waals surface area contributed by atoms with Gasteiger partial charge in [-0.15, -0.1) is 0 Å². The quantitative estimate of drug-likeness (QED) is 0.296. The number of rotatable bonds is 6. The highest BCUT2D eigenvalue weighted by Gasteiger charge is 1.94. The van der Waals surface area contributed by atoms with E-state index in [2.05, 4.69) is 29.9 Å². The van der Waals surface area contributed by atoms with Crippen molar-refractivity contribution in [2.24, 2.45) is 0 Å². The molecule has 0 heterocycles. The standard InChI is InChI=1S/C12H14O4/c1-3-11(13)15-9-7-5-6-8-10-16-12(14)4-2/h3-4H,1-2,5-7,9H2. The summed E-state index contributed by atoms with van der Waals surface area (Å²) in [6.07, 6.45) is 6.48. The summed E-state index contributed by atoms with van der Waals surface area (Å²) in [6.45, 7) is 6.84. The van der Waals surface area contributed by atoms with E-state index in [1.54, 1.807) is 0 Å². The third-order valence-electron chi connectivity index (χ3n) is 1.50. The van der Waals surface area contributed by atoms with Crippen LogP contribution in [0.15, 0.2) is 25.3 Å². The van der Waals surface area contributed by atoms with Crippen LogP contribution in [0, 0.1) is 12.0 Å². The molecule has 0 amide bonds. The van der Waals surface area contributed by atoms with Gasteiger partial charge in [-0.3, -0.25) is 0 Å². The second-order valence-electron chi connectivity index (χ2n) is 2.73. The van der Waals surface area contributed by atoms with E-state index < -0.39 is 11.9 Å². The van der Waals surface area contributed by atoms with E-state index in [1.165, 1.54) is 0 Å². The molecule has 0 rings (SSSR count). The van der Waals surface area contributed by atoms with Crippen molar-refractivity contribution in [3.05, 3.63) is 25.3 Å². The second-order valence-corrected chi connectivity index (χ2v) is 2.73. The Morgan fingerprint density at radius 2 is 1.81 bits per heavy atom. The molecule has 4 nitrogen and oxygen atoms in total. The van der Waals surface area contributed by atoms with Crippen LogP contribution in [0.5, 0.6) is 0 Å². The van der Waals surface area contributed by atoms with Crippen molar-refractivity contribution in [2.75, 3.05) is 6.61 Å². The molecule has 16 heavy (non-hydrogen) atoms. The van der Waals surface area contributed by atoms with Gasteiger partial charge in [0.05, 0.1) is 6.61 Å². The molecule has 0 atom stereocenters. The molecule has 0 fully saturated rings. The highest BCUT2D eigenvalue weighted by Crippen LogP contribution is 1.95. The topological polar surface area (TPSA) is 52.6 Å². The van der Waals surface area contributed by atoms with Gasteiger partial charge in [-0.1, -0.05) is 19.1 Å². The van der Waals surface area contributed by atoms with E-state index in [0.717, 1.165) is 18.6 Å². The Morgan fingerprint density at radius 1 is 1.12 bits per heavy atom. The zero-order valence-corrected chi connectivity index (χ0v) is 9.03. The van der Waals surface area contributed by atoms with Crippen molar-refractivity contribution < 1.29 is 19.1 Å². The molecule has 0 aromatic rings. The summed E-state index contributed by atoms with van der Waals surface area (Å²) < 4.78 is 9.19. The van der Waals surface area contributed by atoms with Crippen LogP contribution in [0.1, 0.15) is 19.3 Å². The molecule has 0 aromatic carbocycles. The number of hydrogen-bond donors (Lipinski definition) is 0. The van der Waals surface area contributed by atoms with Gasteiger partial charge >= 0.3 is 11.9 Å². The van der Waals surface area contributed by atoms with Gasteiger partial charge in [-0.05, 0) is 12.8 Å². The maximum absolute atomic E-state index is 10.6. The third-order valence-corrected chi connectivity index (χ3v) is 1.50. The van der Waals surface area contributed by atoms with Crippen molar-refractivity contribution in [1.29, 1.82) is 0 Å². The predicted octanol–water partition coefficient (Wildman–Crippen LogP) is 1.58. The fraction of sp³-hybridized carbons (Fsp3) is 0.333. The molecule has 86 valence electrons. The molecule has 4 heteroatoms. The highest BCUT2D eigenvalue weighted by molar-refractivity contribution is 5.82. The van der Waals surface area contributed by atoms with Crippen LogP contribution in [0.25, 0.3) is 0 Å². The lowest BCUT2D eigenvalue weighted by Gasteiger charge is -1.98. The largest absolute Gasteiger partial charge is 0.463 e. The zero-order chi connectivity index (χ0) is 12.2. The van der Waals surface area contributed by atoms with Gasteiger partial charge in [0.15, 0.2) is 0 Å². The maximum atomic E-state index is 10.6. The zero-order valence-electron chi connectivity index (χ0n) is 9.03. The lowest BCUT2D eigenvalue weighted by molar-refractivity contribution is -0.137. The Bertz CT molecular complexity index is 320. The third kappa shape index (κ3) is 8.57. The number of carbonyl (C=O) groups is 2. The smallest absolute Gasteiger partial charge is 0.344 e. The van der Waals surface area contributed by atoms with E-state index in [4.69, 9.17) is 4.74 Å². The van der Waals surface area contributed by atoms with Crippen molar-refractivity contribution in [3.63, 3.8) is 0 Å². The average molecular weight is 222 g/mol. The first-order valence-corrected chi connectivity index (χ1v) is 4.81. The van der Waals surface area contributed by atoms with Gasteiger partial charge in [-0.2, -0.15) is 0 Å². The second kappa shape index (κ2) is 9.53. The van der Waals surface area contributed by atoms with Crippen molar-refractivity contribution >= 4 is 11.9 Å². The van der Waals surface area contributed by atoms with Gasteiger partial charge in [0, 0.05) is 18.6 Å². The number of carbonyl (C=O) groups excluding carboxylic acids is 2. The van der Waals surface area contributed by atoms with Crippen LogP contribution >= 0.6 is 0 Å². The Morgan fingerprint density at radius 3 is 2.44 bits per heavy atom. The number of hydrogen-bond acceptors (Lipinski definition) is 4. The molecular weight excluding hydrogens is 208 g/mol. The summed E-state index contributed by atoms with van der Waals surface area (Å²) in [6, 6.07) is 0. The molecule has 0 saturated heterocycles. The Labute approximate surface area is 94.9 Å². The average Bonchev–Trinajstić information content (AvgIpc) is 2.31. The minimum absolute atomic E-state index is 0.346. The number of unbranched alkanes of at least 4 members (excludes halogenated alkanes) is 2. The molecular formula is C12H14O4. The van der Waals surface area contributed by atoms with Crippen LogP contribution in [0.2, 0.25) is 0 Å². The summed E-state index contributed by atoms with van der Waals surface area (Å²) in [4.78, 5) is 21.2. The van der Waals surface area contributed by atoms with E-state index in [0.29, 0.717) is 19.4 Å². The van der Waals surface area contributed by atoms with Crippen LogP contribution < -0.4 is 0 Å². The lowest BCUT2D eigenvalue weighted by atomic mass is 10.2. The number of esters is 2. The molecule has 0 radical (unpaired) electrons. The fourth-order valence-electron chi connectivity index (χ4n) is 0.726. The summed E-state index contributed by atoms with van der Waals surface area (Å²) in [5.74, 6) is 1.66. The molecule has 0 aliphatic carbocycles. The molecule has 0 spiro atoms. The van der Waals surface area contributed by atoms with Crippen molar-refractivity contribution in [1.82, 2.24) is 0 Å². The lowest BCUT2D eigenvalue weighted by Crippen LogP contribution is -2.01. The summed E-state index contributed by atoms with van der Waals surface area (Å²) >= 11 is 0. The fourth-order valence-corrected chi connectivity index (χ4v) is 0.726. The van der Waals surface area contributed by atoms with E-state index in [1.807, 2.05) is 0 Å². The predicted molar refractivity (Wildman–Crippen MR) is 59.1 cm³/mol. The number of ether oxygens (including phenoxy) is 2. The first-order valence-electron chi connectivity index (χ1n) is 4.81. The molecule has 0 aromatic heterocycles. The van der Waals surface area contributed by atoms with Crippen LogP contribution in [-0.4, -0.2) is 18.5 Å². The molecule has 0 N–H and O–H groups in total. The van der Waals surface area contributed by atoms with Crippen molar-refractivity contribution in [3.8, 4) is 12.0 Å². The van der Waals surface area contributed by atoms with Gasteiger partial charge in [0.1, 0.15) is 6.11 Å². The monoisotopic (exact) mass is 222 g/mol. The summed E-state index contributed by atoms with van der Waals surface area (Å²) in [5.41, 5.74) is 0. The van der Waals surface area contributed by atoms with Crippen LogP contribution in [0.3, 0.4) is 0 Å². The SMILES string of the molecule is C=CC(=O)OC#CCCCCOC(=O)C=C. The first-order chi connectivity index (χ1) is 7.70. The van der Waals surface area contributed by atoms with Crippen molar-refractivity contribution in [2.45, 2.75) is 19.3 Å². The van der Waals surface area contributed by atoms with Gasteiger partial charge in [0.25, 0.3) is 0 Å². The van der Waals surface area contributed by atoms with Gasteiger partial charge in [0.2, 0.25) is 0 Å². The van der Waals surface area contributed by atoms with E-state index >= 15 is 0 Å². The normalized spacial score (nSPS) is 8.25. The van der Waals surface area contributed by atoms with Gasteiger partial charge < -0.3 is 9.47 Å². The molecule has 0 bridgehead atoms. The molecule has 0 saturated carbocycles. The Balaban J connectivity index is 3.39. The van der Waals surface area contributed by atoms with Crippen LogP contribution in [0.4, 0.5) is 0 Å². The Hall–Kier alpha value is -2.02. The van der Waals surface area contributed by atoms with Gasteiger partial charge in [-0.25, -0.2) is 9.59 Å². The highest BCUT2D eigenvalue weighted by atomic mass is 16.5. The summed E-state index contributed by atoms with van der Waals surface area (Å²) in [7, 11) is 0. The minimum atomic E-state index is -0.563. The first kappa shape index (κ1) is 14.0. The minimum Gasteiger partial charge on any atom is -0.463 e. The molecule has 0 aliphatic rings. The molecule has 0 unspecified atom stereocenters. The van der Waals surface area contributed by atoms with Crippen LogP contribution in [-0.2, 0) is 19.1 Å². The Kier molecular flexibility index (Phi) is 8.33. The maximum Gasteiger partial charge on any atom is 0.344 e.